The number of carbonyl (C=O) groups is 1. The van der Waals surface area contributed by atoms with E-state index in [4.69, 9.17) is 4.43 Å². The van der Waals surface area contributed by atoms with E-state index in [9.17, 15) is 9.90 Å². The van der Waals surface area contributed by atoms with E-state index in [1.54, 1.807) is 0 Å². The van der Waals surface area contributed by atoms with E-state index in [-0.39, 0.29) is 16.6 Å². The van der Waals surface area contributed by atoms with Crippen LogP contribution in [0.4, 0.5) is 0 Å². The van der Waals surface area contributed by atoms with Gasteiger partial charge in [-0.05, 0) is 30.6 Å². The summed E-state index contributed by atoms with van der Waals surface area (Å²) in [4.78, 5) is 11.4. The molecule has 0 saturated heterocycles. The molecule has 0 heterocycles. The second-order valence-electron chi connectivity index (χ2n) is 8.05. The molecule has 0 bridgehead atoms. The van der Waals surface area contributed by atoms with E-state index in [2.05, 4.69) is 33.9 Å². The summed E-state index contributed by atoms with van der Waals surface area (Å²) in [6.45, 7) is 17.0. The second kappa shape index (κ2) is 5.39. The molecular formula is C16H30O3Si. The van der Waals surface area contributed by atoms with Crippen molar-refractivity contribution < 1.29 is 14.3 Å². The molecule has 1 aliphatic rings. The Bertz CT molecular complexity index is 416. The summed E-state index contributed by atoms with van der Waals surface area (Å²) >= 11 is 0. The third-order valence-electron chi connectivity index (χ3n) is 5.22. The van der Waals surface area contributed by atoms with Gasteiger partial charge in [-0.3, -0.25) is 4.79 Å². The van der Waals surface area contributed by atoms with Crippen molar-refractivity contribution >= 4 is 14.6 Å². The fourth-order valence-electron chi connectivity index (χ4n) is 2.51. The lowest BCUT2D eigenvalue weighted by molar-refractivity contribution is -0.107. The molecule has 0 unspecified atom stereocenters. The monoisotopic (exact) mass is 298 g/mol. The van der Waals surface area contributed by atoms with Crippen molar-refractivity contribution in [1.29, 1.82) is 0 Å². The molecule has 0 aromatic heterocycles. The van der Waals surface area contributed by atoms with Crippen LogP contribution in [-0.2, 0) is 9.22 Å². The second-order valence-corrected chi connectivity index (χ2v) is 12.8. The Kier molecular flexibility index (Phi) is 4.74. The summed E-state index contributed by atoms with van der Waals surface area (Å²) in [5, 5.41) is 10.3. The van der Waals surface area contributed by atoms with E-state index in [0.717, 1.165) is 11.9 Å². The molecule has 0 aromatic rings. The predicted molar refractivity (Wildman–Crippen MR) is 85.2 cm³/mol. The van der Waals surface area contributed by atoms with Crippen molar-refractivity contribution in [3.8, 4) is 0 Å². The average molecular weight is 298 g/mol. The zero-order valence-corrected chi connectivity index (χ0v) is 15.2. The van der Waals surface area contributed by atoms with Crippen LogP contribution in [0.25, 0.3) is 0 Å². The van der Waals surface area contributed by atoms with E-state index < -0.39 is 14.4 Å². The highest BCUT2D eigenvalue weighted by Crippen LogP contribution is 2.45. The molecule has 20 heavy (non-hydrogen) atoms. The fourth-order valence-corrected chi connectivity index (χ4v) is 3.96. The molecular weight excluding hydrogens is 268 g/mol. The minimum atomic E-state index is -1.92. The minimum Gasteiger partial charge on any atom is -0.413 e. The molecule has 0 radical (unpaired) electrons. The van der Waals surface area contributed by atoms with Gasteiger partial charge in [0.05, 0.1) is 12.2 Å². The molecule has 0 spiro atoms. The van der Waals surface area contributed by atoms with E-state index >= 15 is 0 Å². The summed E-state index contributed by atoms with van der Waals surface area (Å²) in [6.07, 6.45) is 0.780. The van der Waals surface area contributed by atoms with Crippen molar-refractivity contribution in [2.45, 2.75) is 78.3 Å². The lowest BCUT2D eigenvalue weighted by Gasteiger charge is -2.47. The van der Waals surface area contributed by atoms with Crippen LogP contribution in [0, 0.1) is 5.41 Å². The Morgan fingerprint density at radius 2 is 1.85 bits per heavy atom. The van der Waals surface area contributed by atoms with Crippen LogP contribution in [0.3, 0.4) is 0 Å². The van der Waals surface area contributed by atoms with Crippen LogP contribution >= 0.6 is 0 Å². The molecule has 2 atom stereocenters. The lowest BCUT2D eigenvalue weighted by Crippen LogP contribution is -2.51. The van der Waals surface area contributed by atoms with Crippen molar-refractivity contribution in [2.75, 3.05) is 0 Å². The Balaban J connectivity index is 3.13. The molecule has 1 N–H and O–H groups in total. The molecule has 0 aliphatic heterocycles. The van der Waals surface area contributed by atoms with Crippen LogP contribution in [0.5, 0.6) is 0 Å². The van der Waals surface area contributed by atoms with E-state index in [1.807, 2.05) is 20.8 Å². The molecule has 0 aromatic carbocycles. The van der Waals surface area contributed by atoms with Gasteiger partial charge in [-0.25, -0.2) is 0 Å². The quantitative estimate of drug-likeness (QED) is 0.638. The van der Waals surface area contributed by atoms with Gasteiger partial charge in [-0.2, -0.15) is 0 Å². The highest BCUT2D eigenvalue weighted by molar-refractivity contribution is 6.74. The van der Waals surface area contributed by atoms with Crippen LogP contribution < -0.4 is 0 Å². The minimum absolute atomic E-state index is 0.109. The van der Waals surface area contributed by atoms with E-state index in [1.165, 1.54) is 0 Å². The smallest absolute Gasteiger partial charge is 0.192 e. The SMILES string of the molecule is CC1=C(C=O)C(C)(C)[C@@H](O[Si](C)(C)C(C)(C)C)C[C@H]1O. The van der Waals surface area contributed by atoms with Crippen molar-refractivity contribution in [1.82, 2.24) is 0 Å². The zero-order chi connectivity index (χ0) is 15.9. The number of aliphatic hydroxyl groups is 1. The summed E-state index contributed by atoms with van der Waals surface area (Å²) < 4.78 is 6.50. The van der Waals surface area contributed by atoms with Gasteiger partial charge in [0.2, 0.25) is 0 Å². The third-order valence-corrected chi connectivity index (χ3v) is 9.71. The standard InChI is InChI=1S/C16H30O3Si/c1-11-12(10-17)16(5,6)14(9-13(11)18)19-20(7,8)15(2,3)4/h10,13-14,18H,9H2,1-8H3/t13-,14+/m1/s1. The molecule has 0 saturated carbocycles. The van der Waals surface area contributed by atoms with Crippen LogP contribution in [0.15, 0.2) is 11.1 Å². The summed E-state index contributed by atoms with van der Waals surface area (Å²) in [7, 11) is -1.92. The van der Waals surface area contributed by atoms with Crippen LogP contribution in [0.2, 0.25) is 18.1 Å². The maximum absolute atomic E-state index is 11.4. The zero-order valence-electron chi connectivity index (χ0n) is 14.2. The lowest BCUT2D eigenvalue weighted by atomic mass is 9.70. The highest BCUT2D eigenvalue weighted by Gasteiger charge is 2.47. The predicted octanol–water partition coefficient (Wildman–Crippen LogP) is 3.68. The molecule has 116 valence electrons. The first kappa shape index (κ1) is 17.6. The number of hydrogen-bond donors (Lipinski definition) is 1. The largest absolute Gasteiger partial charge is 0.413 e. The molecule has 1 aliphatic carbocycles. The highest BCUT2D eigenvalue weighted by atomic mass is 28.4. The molecule has 4 heteroatoms. The number of aliphatic hydroxyl groups excluding tert-OH is 1. The maximum Gasteiger partial charge on any atom is 0.192 e. The summed E-state index contributed by atoms with van der Waals surface area (Å²) in [5.41, 5.74) is 1.14. The average Bonchev–Trinajstić information content (AvgIpc) is 2.24. The van der Waals surface area contributed by atoms with Gasteiger partial charge in [0.1, 0.15) is 6.29 Å². The van der Waals surface area contributed by atoms with Crippen molar-refractivity contribution in [3.05, 3.63) is 11.1 Å². The van der Waals surface area contributed by atoms with Gasteiger partial charge in [0, 0.05) is 17.4 Å². The number of aldehydes is 1. The summed E-state index contributed by atoms with van der Waals surface area (Å²) in [5.74, 6) is 0. The van der Waals surface area contributed by atoms with Crippen LogP contribution in [0.1, 0.15) is 48.0 Å². The first-order valence-corrected chi connectivity index (χ1v) is 10.3. The van der Waals surface area contributed by atoms with Gasteiger partial charge in [0.15, 0.2) is 8.32 Å². The fraction of sp³-hybridized carbons (Fsp3) is 0.812. The Morgan fingerprint density at radius 3 is 2.25 bits per heavy atom. The molecule has 0 fully saturated rings. The Labute approximate surface area is 124 Å². The third kappa shape index (κ3) is 3.07. The van der Waals surface area contributed by atoms with Gasteiger partial charge in [-0.15, -0.1) is 0 Å². The van der Waals surface area contributed by atoms with Gasteiger partial charge in [-0.1, -0.05) is 34.6 Å². The Hall–Kier alpha value is -0.453. The van der Waals surface area contributed by atoms with Gasteiger partial charge < -0.3 is 9.53 Å². The van der Waals surface area contributed by atoms with Gasteiger partial charge in [0.25, 0.3) is 0 Å². The van der Waals surface area contributed by atoms with E-state index in [0.29, 0.717) is 12.0 Å². The van der Waals surface area contributed by atoms with Gasteiger partial charge >= 0.3 is 0 Å². The number of hydrogen-bond acceptors (Lipinski definition) is 3. The topological polar surface area (TPSA) is 46.5 Å². The summed E-state index contributed by atoms with van der Waals surface area (Å²) in [6, 6.07) is 0. The Morgan fingerprint density at radius 1 is 1.35 bits per heavy atom. The van der Waals surface area contributed by atoms with Crippen LogP contribution in [-0.4, -0.2) is 31.9 Å². The number of carbonyl (C=O) groups excluding carboxylic acids is 1. The van der Waals surface area contributed by atoms with Crippen molar-refractivity contribution in [2.24, 2.45) is 5.41 Å². The maximum atomic E-state index is 11.4. The molecule has 3 nitrogen and oxygen atoms in total. The normalized spacial score (nSPS) is 27.6. The number of rotatable bonds is 3. The first-order valence-electron chi connectivity index (χ1n) is 7.37. The first-order chi connectivity index (χ1) is 8.84. The molecule has 0 amide bonds. The molecule has 1 rings (SSSR count). The van der Waals surface area contributed by atoms with Crippen molar-refractivity contribution in [3.63, 3.8) is 0 Å².